The van der Waals surface area contributed by atoms with Crippen LogP contribution in [0.1, 0.15) is 32.9 Å². The number of aromatic nitrogens is 2. The first-order valence-corrected chi connectivity index (χ1v) is 8.85. The summed E-state index contributed by atoms with van der Waals surface area (Å²) in [6.07, 6.45) is -1.89. The zero-order chi connectivity index (χ0) is 19.4. The lowest BCUT2D eigenvalue weighted by Crippen LogP contribution is -2.38. The van der Waals surface area contributed by atoms with Gasteiger partial charge in [-0.3, -0.25) is 23.9 Å². The van der Waals surface area contributed by atoms with Gasteiger partial charge >= 0.3 is 17.6 Å². The molecule has 11 heteroatoms. The SMILES string of the molecule is CCC(=O)OC[C@@H]1O[C@H](n2cc(F)c(=O)[nH]c2=O)C(Br)C1OC(=O)CC. The fraction of sp³-hybridized carbons (Fsp3) is 0.600. The molecular formula is C15H18BrFN2O7. The zero-order valence-electron chi connectivity index (χ0n) is 14.1. The summed E-state index contributed by atoms with van der Waals surface area (Å²) in [7, 11) is 0. The number of carbonyl (C=O) groups excluding carboxylic acids is 2. The maximum atomic E-state index is 13.6. The van der Waals surface area contributed by atoms with Crippen molar-refractivity contribution >= 4 is 27.9 Å². The molecule has 2 rings (SSSR count). The van der Waals surface area contributed by atoms with Crippen molar-refractivity contribution in [1.82, 2.24) is 9.55 Å². The quantitative estimate of drug-likeness (QED) is 0.512. The molecule has 0 spiro atoms. The van der Waals surface area contributed by atoms with Crippen molar-refractivity contribution in [2.24, 2.45) is 0 Å². The summed E-state index contributed by atoms with van der Waals surface area (Å²) in [5.41, 5.74) is -2.05. The second kappa shape index (κ2) is 8.58. The van der Waals surface area contributed by atoms with Crippen molar-refractivity contribution in [1.29, 1.82) is 0 Å². The van der Waals surface area contributed by atoms with Crippen LogP contribution in [0.5, 0.6) is 0 Å². The number of hydrogen-bond acceptors (Lipinski definition) is 7. The number of H-pyrrole nitrogens is 1. The van der Waals surface area contributed by atoms with Crippen LogP contribution in [0.2, 0.25) is 0 Å². The molecule has 1 fully saturated rings. The molecule has 0 radical (unpaired) electrons. The number of rotatable bonds is 6. The van der Waals surface area contributed by atoms with Crippen LogP contribution in [0, 0.1) is 5.82 Å². The third kappa shape index (κ3) is 4.39. The van der Waals surface area contributed by atoms with Crippen molar-refractivity contribution < 1.29 is 28.2 Å². The summed E-state index contributed by atoms with van der Waals surface area (Å²) in [6, 6.07) is 0. The van der Waals surface area contributed by atoms with E-state index in [1.807, 2.05) is 4.98 Å². The molecule has 0 saturated carbocycles. The van der Waals surface area contributed by atoms with Crippen molar-refractivity contribution in [2.45, 2.75) is 50.0 Å². The number of nitrogens with zero attached hydrogens (tertiary/aromatic N) is 1. The highest BCUT2D eigenvalue weighted by Gasteiger charge is 2.47. The molecule has 0 aromatic carbocycles. The van der Waals surface area contributed by atoms with Gasteiger partial charge in [-0.15, -0.1) is 0 Å². The standard InChI is InChI=1S/C15H18BrFN2O7/c1-3-9(20)24-6-8-12(26-10(21)4-2)11(16)14(25-8)19-5-7(17)13(22)18-15(19)23/h5,8,11-12,14H,3-4,6H2,1-2H3,(H,18,22,23)/t8-,11?,12?,14-/m0/s1. The molecule has 9 nitrogen and oxygen atoms in total. The molecule has 1 aliphatic rings. The van der Waals surface area contributed by atoms with Crippen LogP contribution < -0.4 is 11.2 Å². The summed E-state index contributed by atoms with van der Waals surface area (Å²) >= 11 is 3.29. The Labute approximate surface area is 155 Å². The first-order chi connectivity index (χ1) is 12.3. The average molecular weight is 437 g/mol. The average Bonchev–Trinajstić information content (AvgIpc) is 2.91. The van der Waals surface area contributed by atoms with Gasteiger partial charge in [0.25, 0.3) is 5.56 Å². The molecule has 0 bridgehead atoms. The zero-order valence-corrected chi connectivity index (χ0v) is 15.7. The largest absolute Gasteiger partial charge is 0.463 e. The van der Waals surface area contributed by atoms with E-state index in [2.05, 4.69) is 15.9 Å². The highest BCUT2D eigenvalue weighted by molar-refractivity contribution is 9.09. The minimum absolute atomic E-state index is 0.107. The number of hydrogen-bond donors (Lipinski definition) is 1. The molecule has 2 heterocycles. The number of alkyl halides is 1. The second-order valence-corrected chi connectivity index (χ2v) is 6.56. The molecule has 1 saturated heterocycles. The predicted molar refractivity (Wildman–Crippen MR) is 89.3 cm³/mol. The van der Waals surface area contributed by atoms with Gasteiger partial charge < -0.3 is 14.2 Å². The molecule has 144 valence electrons. The van der Waals surface area contributed by atoms with E-state index in [4.69, 9.17) is 14.2 Å². The fourth-order valence-electron chi connectivity index (χ4n) is 2.35. The Balaban J connectivity index is 2.30. The van der Waals surface area contributed by atoms with E-state index in [-0.39, 0.29) is 19.4 Å². The molecule has 1 aromatic rings. The molecule has 2 unspecified atom stereocenters. The van der Waals surface area contributed by atoms with E-state index in [1.165, 1.54) is 0 Å². The van der Waals surface area contributed by atoms with Crippen molar-refractivity contribution in [3.05, 3.63) is 32.9 Å². The van der Waals surface area contributed by atoms with Gasteiger partial charge in [0, 0.05) is 12.8 Å². The topological polar surface area (TPSA) is 117 Å². The van der Waals surface area contributed by atoms with E-state index in [0.29, 0.717) is 6.20 Å². The van der Waals surface area contributed by atoms with E-state index in [9.17, 15) is 23.6 Å². The summed E-state index contributed by atoms with van der Waals surface area (Å²) in [6.45, 7) is 3.01. The van der Waals surface area contributed by atoms with Gasteiger partial charge in [0.15, 0.2) is 6.23 Å². The predicted octanol–water partition coefficient (Wildman–Crippen LogP) is 0.612. The van der Waals surface area contributed by atoms with Gasteiger partial charge in [-0.25, -0.2) is 4.79 Å². The highest BCUT2D eigenvalue weighted by atomic mass is 79.9. The number of halogens is 2. The number of nitrogens with one attached hydrogen (secondary N) is 1. The fourth-order valence-corrected chi connectivity index (χ4v) is 3.18. The first kappa shape index (κ1) is 20.3. The minimum atomic E-state index is -1.17. The Morgan fingerprint density at radius 2 is 1.96 bits per heavy atom. The van der Waals surface area contributed by atoms with Crippen LogP contribution in [0.25, 0.3) is 0 Å². The maximum absolute atomic E-state index is 13.6. The Bertz CT molecular complexity index is 793. The van der Waals surface area contributed by atoms with Crippen LogP contribution in [0.4, 0.5) is 4.39 Å². The lowest BCUT2D eigenvalue weighted by atomic mass is 10.2. The summed E-state index contributed by atoms with van der Waals surface area (Å²) in [5, 5.41) is 0. The van der Waals surface area contributed by atoms with Crippen molar-refractivity contribution in [3.8, 4) is 0 Å². The highest BCUT2D eigenvalue weighted by Crippen LogP contribution is 2.36. The molecule has 4 atom stereocenters. The number of aromatic amines is 1. The Kier molecular flexibility index (Phi) is 6.70. The van der Waals surface area contributed by atoms with Gasteiger partial charge in [0.1, 0.15) is 18.8 Å². The Hall–Kier alpha value is -2.01. The number of esters is 2. The van der Waals surface area contributed by atoms with Crippen LogP contribution in [-0.4, -0.2) is 45.1 Å². The van der Waals surface area contributed by atoms with E-state index in [1.54, 1.807) is 13.8 Å². The van der Waals surface area contributed by atoms with Gasteiger partial charge in [-0.2, -0.15) is 4.39 Å². The molecule has 0 aliphatic carbocycles. The van der Waals surface area contributed by atoms with Crippen LogP contribution in [0.3, 0.4) is 0 Å². The lowest BCUT2D eigenvalue weighted by molar-refractivity contribution is -0.157. The van der Waals surface area contributed by atoms with Gasteiger partial charge in [0.2, 0.25) is 5.82 Å². The maximum Gasteiger partial charge on any atom is 0.330 e. The minimum Gasteiger partial charge on any atom is -0.463 e. The van der Waals surface area contributed by atoms with E-state index >= 15 is 0 Å². The Morgan fingerprint density at radius 1 is 1.31 bits per heavy atom. The smallest absolute Gasteiger partial charge is 0.330 e. The van der Waals surface area contributed by atoms with E-state index in [0.717, 1.165) is 4.57 Å². The summed E-state index contributed by atoms with van der Waals surface area (Å²) in [4.78, 5) is 47.3. The lowest BCUT2D eigenvalue weighted by Gasteiger charge is -2.20. The molecule has 26 heavy (non-hydrogen) atoms. The summed E-state index contributed by atoms with van der Waals surface area (Å²) in [5.74, 6) is -2.16. The third-order valence-electron chi connectivity index (χ3n) is 3.72. The van der Waals surface area contributed by atoms with Crippen LogP contribution in [0.15, 0.2) is 15.8 Å². The first-order valence-electron chi connectivity index (χ1n) is 7.94. The Morgan fingerprint density at radius 3 is 2.58 bits per heavy atom. The van der Waals surface area contributed by atoms with Gasteiger partial charge in [-0.05, 0) is 0 Å². The number of carbonyl (C=O) groups is 2. The van der Waals surface area contributed by atoms with E-state index < -0.39 is 52.3 Å². The van der Waals surface area contributed by atoms with Crippen LogP contribution in [-0.2, 0) is 23.8 Å². The molecule has 1 aliphatic heterocycles. The second-order valence-electron chi connectivity index (χ2n) is 5.50. The normalized spacial score (nSPS) is 25.1. The molecule has 1 N–H and O–H groups in total. The molecule has 0 amide bonds. The van der Waals surface area contributed by atoms with Gasteiger partial charge in [0.05, 0.1) is 11.0 Å². The van der Waals surface area contributed by atoms with Crippen molar-refractivity contribution in [2.75, 3.05) is 6.61 Å². The number of ether oxygens (including phenoxy) is 3. The molecule has 1 aromatic heterocycles. The van der Waals surface area contributed by atoms with Crippen molar-refractivity contribution in [3.63, 3.8) is 0 Å². The van der Waals surface area contributed by atoms with Crippen LogP contribution >= 0.6 is 15.9 Å². The van der Waals surface area contributed by atoms with Gasteiger partial charge in [-0.1, -0.05) is 29.8 Å². The molecular weight excluding hydrogens is 419 g/mol. The summed E-state index contributed by atoms with van der Waals surface area (Å²) < 4.78 is 30.4. The third-order valence-corrected chi connectivity index (χ3v) is 4.69. The monoisotopic (exact) mass is 436 g/mol.